The van der Waals surface area contributed by atoms with E-state index in [1.54, 1.807) is 11.1 Å². The summed E-state index contributed by atoms with van der Waals surface area (Å²) in [5.74, 6) is 0.771. The van der Waals surface area contributed by atoms with E-state index in [9.17, 15) is 4.79 Å². The molecule has 0 bridgehead atoms. The molecule has 88 valence electrons. The molecule has 0 radical (unpaired) electrons. The molecule has 1 unspecified atom stereocenters. The minimum Gasteiger partial charge on any atom is -0.469 e. The second-order valence-electron chi connectivity index (χ2n) is 4.70. The van der Waals surface area contributed by atoms with Crippen LogP contribution in [0.15, 0.2) is 23.3 Å². The third-order valence-electron chi connectivity index (χ3n) is 3.73. The van der Waals surface area contributed by atoms with E-state index in [0.29, 0.717) is 6.42 Å². The summed E-state index contributed by atoms with van der Waals surface area (Å²) in [5, 5.41) is 0. The zero-order chi connectivity index (χ0) is 11.4. The van der Waals surface area contributed by atoms with E-state index in [4.69, 9.17) is 0 Å². The standard InChI is InChI=1S/C14H20O2/c1-16-14(15)8-3-2-5-11-9-10-12-6-4-7-13(11)12/h2,5,12H,3-4,6-10H2,1H3. The Kier molecular flexibility index (Phi) is 3.81. The summed E-state index contributed by atoms with van der Waals surface area (Å²) in [5.41, 5.74) is 3.25. The van der Waals surface area contributed by atoms with Crippen molar-refractivity contribution >= 4 is 5.97 Å². The summed E-state index contributed by atoms with van der Waals surface area (Å²) < 4.78 is 4.61. The van der Waals surface area contributed by atoms with Crippen LogP contribution in [0.25, 0.3) is 0 Å². The van der Waals surface area contributed by atoms with Gasteiger partial charge in [-0.1, -0.05) is 17.7 Å². The minimum absolute atomic E-state index is 0.118. The average Bonchev–Trinajstić information content (AvgIpc) is 2.87. The molecule has 0 aromatic carbocycles. The fourth-order valence-corrected chi connectivity index (χ4v) is 2.87. The summed E-state index contributed by atoms with van der Waals surface area (Å²) in [6.45, 7) is 0. The molecule has 0 aliphatic heterocycles. The van der Waals surface area contributed by atoms with Gasteiger partial charge in [-0.2, -0.15) is 0 Å². The van der Waals surface area contributed by atoms with Gasteiger partial charge in [0.25, 0.3) is 0 Å². The highest BCUT2D eigenvalue weighted by Crippen LogP contribution is 2.43. The molecule has 0 aromatic heterocycles. The molecule has 2 heteroatoms. The van der Waals surface area contributed by atoms with Crippen molar-refractivity contribution in [2.75, 3.05) is 7.11 Å². The van der Waals surface area contributed by atoms with Gasteiger partial charge in [-0.05, 0) is 50.0 Å². The first-order chi connectivity index (χ1) is 7.81. The molecule has 2 aliphatic rings. The largest absolute Gasteiger partial charge is 0.469 e. The Morgan fingerprint density at radius 1 is 1.44 bits per heavy atom. The van der Waals surface area contributed by atoms with Crippen molar-refractivity contribution in [1.29, 1.82) is 0 Å². The summed E-state index contributed by atoms with van der Waals surface area (Å²) in [7, 11) is 1.44. The highest BCUT2D eigenvalue weighted by Gasteiger charge is 2.27. The number of hydrogen-bond acceptors (Lipinski definition) is 2. The number of ether oxygens (including phenoxy) is 1. The van der Waals surface area contributed by atoms with Gasteiger partial charge in [0, 0.05) is 6.42 Å². The maximum absolute atomic E-state index is 10.9. The molecule has 1 atom stereocenters. The number of methoxy groups -OCH3 is 1. The molecule has 0 spiro atoms. The average molecular weight is 220 g/mol. The second kappa shape index (κ2) is 5.33. The molecule has 2 nitrogen and oxygen atoms in total. The lowest BCUT2D eigenvalue weighted by Crippen LogP contribution is -1.98. The molecule has 2 rings (SSSR count). The van der Waals surface area contributed by atoms with Crippen LogP contribution in [0.4, 0.5) is 0 Å². The Bertz CT molecular complexity index is 326. The molecule has 0 aromatic rings. The Labute approximate surface area is 97.4 Å². The second-order valence-corrected chi connectivity index (χ2v) is 4.70. The van der Waals surface area contributed by atoms with E-state index in [-0.39, 0.29) is 5.97 Å². The van der Waals surface area contributed by atoms with Crippen LogP contribution in [0.3, 0.4) is 0 Å². The molecule has 1 fully saturated rings. The van der Waals surface area contributed by atoms with Crippen molar-refractivity contribution in [1.82, 2.24) is 0 Å². The predicted molar refractivity (Wildman–Crippen MR) is 64.0 cm³/mol. The Hall–Kier alpha value is -1.05. The number of allylic oxidation sites excluding steroid dienone is 4. The van der Waals surface area contributed by atoms with Gasteiger partial charge in [0.15, 0.2) is 0 Å². The Balaban J connectivity index is 1.83. The van der Waals surface area contributed by atoms with Crippen LogP contribution in [0.1, 0.15) is 44.9 Å². The van der Waals surface area contributed by atoms with Crippen molar-refractivity contribution in [3.05, 3.63) is 23.3 Å². The van der Waals surface area contributed by atoms with Crippen LogP contribution >= 0.6 is 0 Å². The van der Waals surface area contributed by atoms with Crippen molar-refractivity contribution in [2.45, 2.75) is 44.9 Å². The van der Waals surface area contributed by atoms with Gasteiger partial charge in [0.1, 0.15) is 0 Å². The first kappa shape index (κ1) is 11.4. The zero-order valence-electron chi connectivity index (χ0n) is 10.00. The summed E-state index contributed by atoms with van der Waals surface area (Å²) >= 11 is 0. The molecule has 0 N–H and O–H groups in total. The number of carbonyl (C=O) groups excluding carboxylic acids is 1. The van der Waals surface area contributed by atoms with Gasteiger partial charge in [-0.3, -0.25) is 4.79 Å². The van der Waals surface area contributed by atoms with E-state index in [2.05, 4.69) is 16.9 Å². The summed E-state index contributed by atoms with van der Waals surface area (Å²) in [6, 6.07) is 0. The van der Waals surface area contributed by atoms with E-state index < -0.39 is 0 Å². The Morgan fingerprint density at radius 3 is 3.12 bits per heavy atom. The third kappa shape index (κ3) is 2.55. The maximum atomic E-state index is 10.9. The lowest BCUT2D eigenvalue weighted by molar-refractivity contribution is -0.140. The highest BCUT2D eigenvalue weighted by atomic mass is 16.5. The smallest absolute Gasteiger partial charge is 0.305 e. The van der Waals surface area contributed by atoms with Gasteiger partial charge in [0.05, 0.1) is 7.11 Å². The summed E-state index contributed by atoms with van der Waals surface area (Å²) in [4.78, 5) is 10.9. The van der Waals surface area contributed by atoms with Crippen molar-refractivity contribution in [3.8, 4) is 0 Å². The number of esters is 1. The molecule has 16 heavy (non-hydrogen) atoms. The van der Waals surface area contributed by atoms with Gasteiger partial charge in [-0.15, -0.1) is 0 Å². The van der Waals surface area contributed by atoms with Crippen LogP contribution in [0.5, 0.6) is 0 Å². The van der Waals surface area contributed by atoms with Crippen molar-refractivity contribution in [2.24, 2.45) is 5.92 Å². The first-order valence-electron chi connectivity index (χ1n) is 6.26. The lowest BCUT2D eigenvalue weighted by Gasteiger charge is -2.00. The number of hydrogen-bond donors (Lipinski definition) is 0. The quantitative estimate of drug-likeness (QED) is 0.679. The molecule has 0 saturated heterocycles. The zero-order valence-corrected chi connectivity index (χ0v) is 10.00. The van der Waals surface area contributed by atoms with Crippen LogP contribution in [-0.4, -0.2) is 13.1 Å². The van der Waals surface area contributed by atoms with Gasteiger partial charge < -0.3 is 4.74 Å². The van der Waals surface area contributed by atoms with E-state index in [1.807, 2.05) is 0 Å². The SMILES string of the molecule is COC(=O)CCC=CC1=C2CCCC2CC1. The minimum atomic E-state index is -0.118. The molecule has 1 saturated carbocycles. The maximum Gasteiger partial charge on any atom is 0.305 e. The predicted octanol–water partition coefficient (Wildman–Crippen LogP) is 3.39. The fourth-order valence-electron chi connectivity index (χ4n) is 2.87. The van der Waals surface area contributed by atoms with Gasteiger partial charge >= 0.3 is 5.97 Å². The van der Waals surface area contributed by atoms with Crippen LogP contribution < -0.4 is 0 Å². The topological polar surface area (TPSA) is 26.3 Å². The highest BCUT2D eigenvalue weighted by molar-refractivity contribution is 5.69. The van der Waals surface area contributed by atoms with Crippen LogP contribution in [0, 0.1) is 5.92 Å². The van der Waals surface area contributed by atoms with Crippen molar-refractivity contribution in [3.63, 3.8) is 0 Å². The van der Waals surface area contributed by atoms with Gasteiger partial charge in [0.2, 0.25) is 0 Å². The Morgan fingerprint density at radius 2 is 2.31 bits per heavy atom. The molecular weight excluding hydrogens is 200 g/mol. The van der Waals surface area contributed by atoms with Gasteiger partial charge in [-0.25, -0.2) is 0 Å². The van der Waals surface area contributed by atoms with E-state index in [0.717, 1.165) is 12.3 Å². The molecule has 0 amide bonds. The first-order valence-corrected chi connectivity index (χ1v) is 6.26. The van der Waals surface area contributed by atoms with Crippen molar-refractivity contribution < 1.29 is 9.53 Å². The summed E-state index contributed by atoms with van der Waals surface area (Å²) in [6.07, 6.45) is 12.3. The number of rotatable bonds is 4. The monoisotopic (exact) mass is 220 g/mol. The van der Waals surface area contributed by atoms with E-state index >= 15 is 0 Å². The van der Waals surface area contributed by atoms with Crippen LogP contribution in [-0.2, 0) is 9.53 Å². The molecule has 0 heterocycles. The van der Waals surface area contributed by atoms with Crippen LogP contribution in [0.2, 0.25) is 0 Å². The number of fused-ring (bicyclic) bond motifs is 1. The van der Waals surface area contributed by atoms with E-state index in [1.165, 1.54) is 39.2 Å². The number of carbonyl (C=O) groups is 1. The molecule has 2 aliphatic carbocycles. The third-order valence-corrected chi connectivity index (χ3v) is 3.73. The molecular formula is C14H20O2. The normalized spacial score (nSPS) is 24.2. The lowest BCUT2D eigenvalue weighted by atomic mass is 10.1. The fraction of sp³-hybridized carbons (Fsp3) is 0.643.